The van der Waals surface area contributed by atoms with E-state index in [1.165, 1.54) is 23.9 Å². The molecule has 0 bridgehead atoms. The van der Waals surface area contributed by atoms with Crippen molar-refractivity contribution < 1.29 is 14.0 Å². The van der Waals surface area contributed by atoms with E-state index in [2.05, 4.69) is 10.3 Å². The van der Waals surface area contributed by atoms with Crippen LogP contribution in [0.5, 0.6) is 0 Å². The fourth-order valence-electron chi connectivity index (χ4n) is 3.40. The number of benzene rings is 2. The van der Waals surface area contributed by atoms with Gasteiger partial charge in [0.25, 0.3) is 0 Å². The van der Waals surface area contributed by atoms with Crippen molar-refractivity contribution in [3.8, 4) is 0 Å². The molecular formula is C22H22FN3O2S. The lowest BCUT2D eigenvalue weighted by molar-refractivity contribution is -0.129. The minimum absolute atomic E-state index is 0.0282. The maximum absolute atomic E-state index is 13.8. The average Bonchev–Trinajstić information content (AvgIpc) is 3.51. The highest BCUT2D eigenvalue weighted by atomic mass is 32.2. The molecule has 2 aromatic carbocycles. The maximum atomic E-state index is 13.8. The topological polar surface area (TPSA) is 61.8 Å². The highest BCUT2D eigenvalue weighted by molar-refractivity contribution is 8.15. The fourth-order valence-corrected chi connectivity index (χ4v) is 4.63. The van der Waals surface area contributed by atoms with Crippen molar-refractivity contribution in [1.82, 2.24) is 4.90 Å². The number of nitrogens with zero attached hydrogens (tertiary/aromatic N) is 2. The van der Waals surface area contributed by atoms with Crippen LogP contribution in [0.1, 0.15) is 26.2 Å². The third-order valence-corrected chi connectivity index (χ3v) is 6.33. The van der Waals surface area contributed by atoms with E-state index >= 15 is 0 Å². The Morgan fingerprint density at radius 1 is 1.21 bits per heavy atom. The van der Waals surface area contributed by atoms with Crippen molar-refractivity contribution in [2.24, 2.45) is 10.9 Å². The second-order valence-corrected chi connectivity index (χ2v) is 8.52. The number of anilines is 1. The van der Waals surface area contributed by atoms with Gasteiger partial charge < -0.3 is 5.32 Å². The van der Waals surface area contributed by atoms with Crippen LogP contribution < -0.4 is 5.32 Å². The van der Waals surface area contributed by atoms with Gasteiger partial charge in [0.1, 0.15) is 11.1 Å². The van der Waals surface area contributed by atoms with E-state index in [1.54, 1.807) is 17.0 Å². The predicted octanol–water partition coefficient (Wildman–Crippen LogP) is 4.58. The number of halogens is 1. The Hall–Kier alpha value is -2.67. The van der Waals surface area contributed by atoms with Crippen LogP contribution in [0.25, 0.3) is 0 Å². The van der Waals surface area contributed by atoms with Gasteiger partial charge in [0.05, 0.1) is 11.4 Å². The second kappa shape index (κ2) is 8.37. The number of amides is 2. The minimum atomic E-state index is -0.564. The quantitative estimate of drug-likeness (QED) is 0.757. The van der Waals surface area contributed by atoms with Crippen molar-refractivity contribution in [3.63, 3.8) is 0 Å². The molecule has 1 saturated carbocycles. The summed E-state index contributed by atoms with van der Waals surface area (Å²) in [5, 5.41) is 2.63. The Kier molecular flexibility index (Phi) is 5.67. The molecule has 1 heterocycles. The number of aliphatic imine (C=N–C) groups is 1. The number of hydrogen-bond acceptors (Lipinski definition) is 4. The third-order valence-electron chi connectivity index (χ3n) is 5.18. The predicted molar refractivity (Wildman–Crippen MR) is 114 cm³/mol. The summed E-state index contributed by atoms with van der Waals surface area (Å²) in [6.45, 7) is 2.04. The zero-order chi connectivity index (χ0) is 20.4. The SMILES string of the molecule is C[C@@H](C1CC1)N1C(=O)[C@H](CC(=O)Nc2ccccc2F)SC1=Nc1ccccc1. The fraction of sp³-hybridized carbons (Fsp3) is 0.318. The summed E-state index contributed by atoms with van der Waals surface area (Å²) >= 11 is 1.31. The number of rotatable bonds is 6. The molecule has 0 spiro atoms. The van der Waals surface area contributed by atoms with Crippen LogP contribution in [0.2, 0.25) is 0 Å². The van der Waals surface area contributed by atoms with Gasteiger partial charge in [-0.05, 0) is 49.9 Å². The number of amidine groups is 1. The summed E-state index contributed by atoms with van der Waals surface area (Å²) in [5.41, 5.74) is 0.890. The first kappa shape index (κ1) is 19.6. The van der Waals surface area contributed by atoms with Gasteiger partial charge in [-0.15, -0.1) is 0 Å². The number of para-hydroxylation sites is 2. The molecule has 1 N–H and O–H groups in total. The lowest BCUT2D eigenvalue weighted by Gasteiger charge is -2.24. The molecule has 2 atom stereocenters. The smallest absolute Gasteiger partial charge is 0.242 e. The van der Waals surface area contributed by atoms with Crippen LogP contribution in [0.4, 0.5) is 15.8 Å². The molecule has 5 nitrogen and oxygen atoms in total. The molecule has 4 rings (SSSR count). The van der Waals surface area contributed by atoms with Crippen molar-refractivity contribution in [1.29, 1.82) is 0 Å². The normalized spacial score (nSPS) is 21.4. The Bertz CT molecular complexity index is 946. The molecule has 0 radical (unpaired) electrons. The van der Waals surface area contributed by atoms with E-state index in [1.807, 2.05) is 37.3 Å². The average molecular weight is 412 g/mol. The first-order valence-electron chi connectivity index (χ1n) is 9.71. The molecule has 0 aromatic heterocycles. The van der Waals surface area contributed by atoms with E-state index < -0.39 is 11.1 Å². The van der Waals surface area contributed by atoms with E-state index in [4.69, 9.17) is 0 Å². The molecule has 1 saturated heterocycles. The van der Waals surface area contributed by atoms with Gasteiger partial charge in [0, 0.05) is 12.5 Å². The van der Waals surface area contributed by atoms with E-state index in [0.29, 0.717) is 11.1 Å². The van der Waals surface area contributed by atoms with E-state index in [9.17, 15) is 14.0 Å². The van der Waals surface area contributed by atoms with Gasteiger partial charge >= 0.3 is 0 Å². The van der Waals surface area contributed by atoms with Crippen molar-refractivity contribution in [3.05, 3.63) is 60.4 Å². The molecule has 0 unspecified atom stereocenters. The zero-order valence-corrected chi connectivity index (χ0v) is 16.9. The number of nitrogens with one attached hydrogen (secondary N) is 1. The first-order chi connectivity index (χ1) is 14.0. The van der Waals surface area contributed by atoms with Crippen LogP contribution >= 0.6 is 11.8 Å². The zero-order valence-electron chi connectivity index (χ0n) is 16.0. The molecule has 2 fully saturated rings. The van der Waals surface area contributed by atoms with Crippen LogP contribution in [-0.4, -0.2) is 33.2 Å². The standard InChI is InChI=1S/C22H22FN3O2S/c1-14(15-11-12-15)26-21(28)19(29-22(26)24-16-7-3-2-4-8-16)13-20(27)25-18-10-6-5-9-17(18)23/h2-10,14-15,19H,11-13H2,1H3,(H,25,27)/t14-,19-/m0/s1. The van der Waals surface area contributed by atoms with Gasteiger partial charge in [-0.2, -0.15) is 0 Å². The van der Waals surface area contributed by atoms with Crippen molar-refractivity contribution in [2.75, 3.05) is 5.32 Å². The summed E-state index contributed by atoms with van der Waals surface area (Å²) in [6, 6.07) is 15.5. The van der Waals surface area contributed by atoms with Gasteiger partial charge in [-0.1, -0.05) is 42.1 Å². The summed E-state index contributed by atoms with van der Waals surface area (Å²) in [7, 11) is 0. The van der Waals surface area contributed by atoms with Crippen molar-refractivity contribution >= 4 is 40.1 Å². The number of carbonyl (C=O) groups is 2. The van der Waals surface area contributed by atoms with Crippen LogP contribution in [-0.2, 0) is 9.59 Å². The largest absolute Gasteiger partial charge is 0.324 e. The molecular weight excluding hydrogens is 389 g/mol. The molecule has 150 valence electrons. The molecule has 2 aromatic rings. The monoisotopic (exact) mass is 411 g/mol. The number of thioether (sulfide) groups is 1. The summed E-state index contributed by atoms with van der Waals surface area (Å²) < 4.78 is 13.8. The summed E-state index contributed by atoms with van der Waals surface area (Å²) in [6.07, 6.45) is 2.18. The Morgan fingerprint density at radius 3 is 2.59 bits per heavy atom. The molecule has 1 aliphatic carbocycles. The Labute approximate surface area is 173 Å². The molecule has 1 aliphatic heterocycles. The second-order valence-electron chi connectivity index (χ2n) is 7.35. The highest BCUT2D eigenvalue weighted by Crippen LogP contribution is 2.41. The number of hydrogen-bond donors (Lipinski definition) is 1. The van der Waals surface area contributed by atoms with Gasteiger partial charge in [0.15, 0.2) is 5.17 Å². The van der Waals surface area contributed by atoms with Crippen LogP contribution in [0, 0.1) is 11.7 Å². The molecule has 2 aliphatic rings. The van der Waals surface area contributed by atoms with E-state index in [-0.39, 0.29) is 30.0 Å². The van der Waals surface area contributed by atoms with Crippen LogP contribution in [0.3, 0.4) is 0 Å². The third kappa shape index (κ3) is 4.50. The molecule has 7 heteroatoms. The lowest BCUT2D eigenvalue weighted by atomic mass is 10.1. The summed E-state index contributed by atoms with van der Waals surface area (Å²) in [5.74, 6) is -0.512. The Morgan fingerprint density at radius 2 is 1.90 bits per heavy atom. The maximum Gasteiger partial charge on any atom is 0.242 e. The van der Waals surface area contributed by atoms with Crippen LogP contribution in [0.15, 0.2) is 59.6 Å². The van der Waals surface area contributed by atoms with Gasteiger partial charge in [0.2, 0.25) is 11.8 Å². The van der Waals surface area contributed by atoms with E-state index in [0.717, 1.165) is 18.5 Å². The van der Waals surface area contributed by atoms with Gasteiger partial charge in [-0.3, -0.25) is 14.5 Å². The highest BCUT2D eigenvalue weighted by Gasteiger charge is 2.45. The van der Waals surface area contributed by atoms with Gasteiger partial charge in [-0.25, -0.2) is 9.38 Å². The first-order valence-corrected chi connectivity index (χ1v) is 10.6. The number of carbonyl (C=O) groups excluding carboxylic acids is 2. The van der Waals surface area contributed by atoms with Crippen molar-refractivity contribution in [2.45, 2.75) is 37.5 Å². The minimum Gasteiger partial charge on any atom is -0.324 e. The lowest BCUT2D eigenvalue weighted by Crippen LogP contribution is -2.41. The Balaban J connectivity index is 1.52. The molecule has 2 amide bonds. The summed E-state index contributed by atoms with van der Waals surface area (Å²) in [4.78, 5) is 32.0. The molecule has 29 heavy (non-hydrogen) atoms.